The van der Waals surface area contributed by atoms with Gasteiger partial charge in [-0.3, -0.25) is 0 Å². The van der Waals surface area contributed by atoms with E-state index in [2.05, 4.69) is 10.2 Å². The smallest absolute Gasteiger partial charge is 0.0791 e. The molecular formula is C14H26N2O. The number of hydrogen-bond acceptors (Lipinski definition) is 3. The minimum absolute atomic E-state index is 0.173. The predicted octanol–water partition coefficient (Wildman–Crippen LogP) is 1.22. The van der Waals surface area contributed by atoms with E-state index >= 15 is 0 Å². The normalized spacial score (nSPS) is 27.9. The minimum atomic E-state index is -0.173. The molecule has 17 heavy (non-hydrogen) atoms. The van der Waals surface area contributed by atoms with Gasteiger partial charge in [-0.25, -0.2) is 0 Å². The van der Waals surface area contributed by atoms with E-state index in [1.165, 1.54) is 51.6 Å². The zero-order valence-electron chi connectivity index (χ0n) is 10.8. The van der Waals surface area contributed by atoms with Crippen LogP contribution in [-0.4, -0.2) is 48.3 Å². The number of β-amino-alcohol motifs (C(OH)–C–C–N with tert-alkyl or cyclic N) is 1. The third-order valence-corrected chi connectivity index (χ3v) is 4.52. The molecule has 3 rings (SSSR count). The van der Waals surface area contributed by atoms with Crippen molar-refractivity contribution in [3.63, 3.8) is 0 Å². The van der Waals surface area contributed by atoms with Crippen LogP contribution >= 0.6 is 0 Å². The molecule has 1 unspecified atom stereocenters. The van der Waals surface area contributed by atoms with E-state index in [0.717, 1.165) is 31.0 Å². The Labute approximate surface area is 105 Å². The first-order valence-electron chi connectivity index (χ1n) is 7.47. The second-order valence-electron chi connectivity index (χ2n) is 6.27. The van der Waals surface area contributed by atoms with Gasteiger partial charge < -0.3 is 15.3 Å². The molecule has 1 aliphatic heterocycles. The van der Waals surface area contributed by atoms with Gasteiger partial charge >= 0.3 is 0 Å². The van der Waals surface area contributed by atoms with Crippen molar-refractivity contribution < 1.29 is 5.11 Å². The van der Waals surface area contributed by atoms with Crippen LogP contribution in [0.1, 0.15) is 38.5 Å². The maximum absolute atomic E-state index is 10.1. The van der Waals surface area contributed by atoms with Crippen LogP contribution in [0.15, 0.2) is 0 Å². The summed E-state index contributed by atoms with van der Waals surface area (Å²) in [6, 6.07) is 0.725. The van der Waals surface area contributed by atoms with Gasteiger partial charge in [0.25, 0.3) is 0 Å². The Morgan fingerprint density at radius 3 is 2.18 bits per heavy atom. The van der Waals surface area contributed by atoms with Gasteiger partial charge in [0.2, 0.25) is 0 Å². The molecule has 0 spiro atoms. The summed E-state index contributed by atoms with van der Waals surface area (Å²) < 4.78 is 0. The number of aliphatic hydroxyl groups excluding tert-OH is 1. The number of nitrogens with one attached hydrogen (secondary N) is 1. The largest absolute Gasteiger partial charge is 0.390 e. The van der Waals surface area contributed by atoms with Crippen LogP contribution in [0.5, 0.6) is 0 Å². The molecule has 1 heterocycles. The highest BCUT2D eigenvalue weighted by molar-refractivity contribution is 4.96. The molecule has 2 aliphatic carbocycles. The molecular weight excluding hydrogens is 212 g/mol. The molecule has 3 nitrogen and oxygen atoms in total. The van der Waals surface area contributed by atoms with Gasteiger partial charge in [-0.15, -0.1) is 0 Å². The zero-order valence-corrected chi connectivity index (χ0v) is 10.8. The predicted molar refractivity (Wildman–Crippen MR) is 68.9 cm³/mol. The molecule has 0 aromatic heterocycles. The SMILES string of the molecule is OC(CNC(C1CC1)C1CC1)CN1CCCC1. The molecule has 3 heteroatoms. The monoisotopic (exact) mass is 238 g/mol. The van der Waals surface area contributed by atoms with E-state index in [1.807, 2.05) is 0 Å². The Bertz CT molecular complexity index is 233. The second kappa shape index (κ2) is 5.25. The van der Waals surface area contributed by atoms with Crippen molar-refractivity contribution in [2.24, 2.45) is 11.8 Å². The van der Waals surface area contributed by atoms with E-state index in [-0.39, 0.29) is 6.10 Å². The summed E-state index contributed by atoms with van der Waals surface area (Å²) >= 11 is 0. The third-order valence-electron chi connectivity index (χ3n) is 4.52. The van der Waals surface area contributed by atoms with Crippen molar-refractivity contribution in [2.75, 3.05) is 26.2 Å². The molecule has 2 saturated carbocycles. The first-order valence-corrected chi connectivity index (χ1v) is 7.47. The van der Waals surface area contributed by atoms with E-state index < -0.39 is 0 Å². The molecule has 0 bridgehead atoms. The van der Waals surface area contributed by atoms with Crippen LogP contribution in [0.25, 0.3) is 0 Å². The Kier molecular flexibility index (Phi) is 3.69. The number of nitrogens with zero attached hydrogens (tertiary/aromatic N) is 1. The lowest BCUT2D eigenvalue weighted by atomic mass is 10.1. The fraction of sp³-hybridized carbons (Fsp3) is 1.00. The van der Waals surface area contributed by atoms with Crippen LogP contribution < -0.4 is 5.32 Å². The van der Waals surface area contributed by atoms with Gasteiger partial charge in [0.05, 0.1) is 6.10 Å². The van der Waals surface area contributed by atoms with E-state index in [4.69, 9.17) is 0 Å². The van der Waals surface area contributed by atoms with Crippen LogP contribution in [0, 0.1) is 11.8 Å². The molecule has 98 valence electrons. The van der Waals surface area contributed by atoms with Gasteiger partial charge in [-0.2, -0.15) is 0 Å². The summed E-state index contributed by atoms with van der Waals surface area (Å²) in [5.74, 6) is 1.86. The number of hydrogen-bond donors (Lipinski definition) is 2. The minimum Gasteiger partial charge on any atom is -0.390 e. The zero-order chi connectivity index (χ0) is 11.7. The lowest BCUT2D eigenvalue weighted by Crippen LogP contribution is -2.42. The van der Waals surface area contributed by atoms with E-state index in [1.54, 1.807) is 0 Å². The highest BCUT2D eigenvalue weighted by atomic mass is 16.3. The molecule has 3 aliphatic rings. The average Bonchev–Trinajstić information content (AvgIpc) is 3.22. The summed E-state index contributed by atoms with van der Waals surface area (Å²) in [4.78, 5) is 2.40. The first kappa shape index (κ1) is 11.9. The summed E-state index contributed by atoms with van der Waals surface area (Å²) in [6.07, 6.45) is 8.10. The molecule has 2 N–H and O–H groups in total. The van der Waals surface area contributed by atoms with Gasteiger partial charge in [0.1, 0.15) is 0 Å². The first-order chi connectivity index (χ1) is 8.33. The maximum atomic E-state index is 10.1. The van der Waals surface area contributed by atoms with Gasteiger partial charge in [0, 0.05) is 19.1 Å². The summed E-state index contributed by atoms with van der Waals surface area (Å²) in [5, 5.41) is 13.7. The second-order valence-corrected chi connectivity index (χ2v) is 6.27. The van der Waals surface area contributed by atoms with Crippen molar-refractivity contribution in [1.29, 1.82) is 0 Å². The topological polar surface area (TPSA) is 35.5 Å². The highest BCUT2D eigenvalue weighted by Gasteiger charge is 2.41. The molecule has 1 saturated heterocycles. The van der Waals surface area contributed by atoms with Gasteiger partial charge in [-0.05, 0) is 63.5 Å². The summed E-state index contributed by atoms with van der Waals surface area (Å²) in [7, 11) is 0. The van der Waals surface area contributed by atoms with Crippen molar-refractivity contribution >= 4 is 0 Å². The van der Waals surface area contributed by atoms with Crippen LogP contribution in [0.4, 0.5) is 0 Å². The Balaban J connectivity index is 1.36. The Morgan fingerprint density at radius 2 is 1.65 bits per heavy atom. The molecule has 1 atom stereocenters. The Hall–Kier alpha value is -0.120. The van der Waals surface area contributed by atoms with Gasteiger partial charge in [-0.1, -0.05) is 0 Å². The maximum Gasteiger partial charge on any atom is 0.0791 e. The third kappa shape index (κ3) is 3.43. The lowest BCUT2D eigenvalue weighted by Gasteiger charge is -2.23. The molecule has 3 fully saturated rings. The summed E-state index contributed by atoms with van der Waals surface area (Å²) in [5.41, 5.74) is 0. The molecule has 0 amide bonds. The molecule has 0 aromatic rings. The quantitative estimate of drug-likeness (QED) is 0.700. The molecule has 0 radical (unpaired) electrons. The van der Waals surface area contributed by atoms with E-state index in [9.17, 15) is 5.11 Å². The van der Waals surface area contributed by atoms with E-state index in [0.29, 0.717) is 0 Å². The average molecular weight is 238 g/mol. The van der Waals surface area contributed by atoms with Gasteiger partial charge in [0.15, 0.2) is 0 Å². The number of aliphatic hydroxyl groups is 1. The summed E-state index contributed by atoms with van der Waals surface area (Å²) in [6.45, 7) is 4.04. The number of likely N-dealkylation sites (tertiary alicyclic amines) is 1. The van der Waals surface area contributed by atoms with Crippen molar-refractivity contribution in [3.05, 3.63) is 0 Å². The fourth-order valence-corrected chi connectivity index (χ4v) is 3.23. The molecule has 0 aromatic carbocycles. The Morgan fingerprint density at radius 1 is 1.06 bits per heavy atom. The standard InChI is InChI=1S/C14H26N2O/c17-13(10-16-7-1-2-8-16)9-15-14(11-3-4-11)12-5-6-12/h11-15,17H,1-10H2. The lowest BCUT2D eigenvalue weighted by molar-refractivity contribution is 0.118. The fourth-order valence-electron chi connectivity index (χ4n) is 3.23. The van der Waals surface area contributed by atoms with Crippen LogP contribution in [0.3, 0.4) is 0 Å². The van der Waals surface area contributed by atoms with Crippen LogP contribution in [0.2, 0.25) is 0 Å². The highest BCUT2D eigenvalue weighted by Crippen LogP contribution is 2.44. The number of rotatable bonds is 7. The van der Waals surface area contributed by atoms with Crippen molar-refractivity contribution in [3.8, 4) is 0 Å². The van der Waals surface area contributed by atoms with Crippen molar-refractivity contribution in [1.82, 2.24) is 10.2 Å². The van der Waals surface area contributed by atoms with Crippen LogP contribution in [-0.2, 0) is 0 Å². The van der Waals surface area contributed by atoms with Crippen molar-refractivity contribution in [2.45, 2.75) is 50.7 Å².